The summed E-state index contributed by atoms with van der Waals surface area (Å²) in [5, 5.41) is 3.87. The monoisotopic (exact) mass is 339 g/mol. The van der Waals surface area contributed by atoms with Gasteiger partial charge in [0.2, 0.25) is 17.6 Å². The van der Waals surface area contributed by atoms with Gasteiger partial charge >= 0.3 is 0 Å². The molecular weight excluding hydrogens is 318 g/mol. The maximum atomic E-state index is 12.4. The van der Waals surface area contributed by atoms with Crippen LogP contribution in [0.25, 0.3) is 11.6 Å². The normalized spacial score (nSPS) is 10.8. The lowest BCUT2D eigenvalue weighted by Gasteiger charge is -2.20. The Bertz CT molecular complexity index is 781. The first-order chi connectivity index (χ1) is 12.3. The largest absolute Gasteiger partial charge is 0.461 e. The molecular formula is C19H21N3O3. The fourth-order valence-corrected chi connectivity index (χ4v) is 2.60. The number of likely N-dealkylation sites (N-methyl/N-ethyl adjacent to an activating group) is 1. The first-order valence-corrected chi connectivity index (χ1v) is 8.44. The molecule has 2 heterocycles. The smallest absolute Gasteiger partial charge is 0.238 e. The van der Waals surface area contributed by atoms with Gasteiger partial charge in [-0.15, -0.1) is 0 Å². The molecule has 130 valence electrons. The van der Waals surface area contributed by atoms with Gasteiger partial charge < -0.3 is 13.8 Å². The average molecular weight is 339 g/mol. The molecule has 0 radical (unpaired) electrons. The molecule has 25 heavy (non-hydrogen) atoms. The summed E-state index contributed by atoms with van der Waals surface area (Å²) in [7, 11) is 0. The van der Waals surface area contributed by atoms with Gasteiger partial charge in [-0.2, -0.15) is 4.98 Å². The van der Waals surface area contributed by atoms with Crippen molar-refractivity contribution in [3.8, 4) is 11.6 Å². The molecule has 6 heteroatoms. The number of aromatic nitrogens is 2. The van der Waals surface area contributed by atoms with Crippen LogP contribution in [0.3, 0.4) is 0 Å². The second kappa shape index (κ2) is 8.28. The summed E-state index contributed by atoms with van der Waals surface area (Å²) in [5.41, 5.74) is 1.23. The van der Waals surface area contributed by atoms with E-state index in [4.69, 9.17) is 8.94 Å². The zero-order chi connectivity index (χ0) is 17.5. The third-order valence-corrected chi connectivity index (χ3v) is 4.01. The Morgan fingerprint density at radius 2 is 1.96 bits per heavy atom. The van der Waals surface area contributed by atoms with Gasteiger partial charge in [0.1, 0.15) is 0 Å². The minimum atomic E-state index is 0.0937. The van der Waals surface area contributed by atoms with Crippen molar-refractivity contribution < 1.29 is 13.7 Å². The highest BCUT2D eigenvalue weighted by Crippen LogP contribution is 2.16. The second-order valence-electron chi connectivity index (χ2n) is 5.70. The third-order valence-electron chi connectivity index (χ3n) is 4.01. The molecule has 0 fully saturated rings. The number of hydrogen-bond donors (Lipinski definition) is 0. The van der Waals surface area contributed by atoms with Gasteiger partial charge in [0.15, 0.2) is 5.76 Å². The number of aryl methyl sites for hydroxylation is 1. The third kappa shape index (κ3) is 4.56. The standard InChI is InChI=1S/C19H21N3O3/c1-2-22(13-12-15-7-4-3-5-8-15)18(23)11-10-17-20-19(21-25-17)16-9-6-14-24-16/h3-9,14H,2,10-13H2,1H3. The number of carbonyl (C=O) groups is 1. The minimum Gasteiger partial charge on any atom is -0.461 e. The quantitative estimate of drug-likeness (QED) is 0.629. The van der Waals surface area contributed by atoms with Crippen LogP contribution in [0.15, 0.2) is 57.7 Å². The Morgan fingerprint density at radius 3 is 2.68 bits per heavy atom. The molecule has 0 saturated carbocycles. The molecule has 0 unspecified atom stereocenters. The Labute approximate surface area is 146 Å². The van der Waals surface area contributed by atoms with E-state index in [1.165, 1.54) is 5.56 Å². The topological polar surface area (TPSA) is 72.4 Å². The zero-order valence-electron chi connectivity index (χ0n) is 14.2. The lowest BCUT2D eigenvalue weighted by Crippen LogP contribution is -2.32. The Kier molecular flexibility index (Phi) is 5.61. The van der Waals surface area contributed by atoms with Gasteiger partial charge in [-0.05, 0) is 31.0 Å². The zero-order valence-corrected chi connectivity index (χ0v) is 14.2. The van der Waals surface area contributed by atoms with E-state index in [9.17, 15) is 4.79 Å². The van der Waals surface area contributed by atoms with Crippen LogP contribution in [0.2, 0.25) is 0 Å². The summed E-state index contributed by atoms with van der Waals surface area (Å²) in [5.74, 6) is 1.50. The first-order valence-electron chi connectivity index (χ1n) is 8.44. The van der Waals surface area contributed by atoms with Crippen molar-refractivity contribution in [3.63, 3.8) is 0 Å². The van der Waals surface area contributed by atoms with E-state index in [-0.39, 0.29) is 5.91 Å². The molecule has 0 aliphatic carbocycles. The summed E-state index contributed by atoms with van der Waals surface area (Å²) < 4.78 is 10.4. The number of amides is 1. The molecule has 0 saturated heterocycles. The van der Waals surface area contributed by atoms with Gasteiger partial charge in [-0.1, -0.05) is 35.5 Å². The van der Waals surface area contributed by atoms with Crippen molar-refractivity contribution >= 4 is 5.91 Å². The van der Waals surface area contributed by atoms with Crippen molar-refractivity contribution in [1.29, 1.82) is 0 Å². The SMILES string of the molecule is CCN(CCc1ccccc1)C(=O)CCc1nc(-c2ccco2)no1. The van der Waals surface area contributed by atoms with Crippen molar-refractivity contribution in [2.45, 2.75) is 26.2 Å². The van der Waals surface area contributed by atoms with Crippen LogP contribution in [0, 0.1) is 0 Å². The van der Waals surface area contributed by atoms with Crippen molar-refractivity contribution in [2.24, 2.45) is 0 Å². The summed E-state index contributed by atoms with van der Waals surface area (Å²) in [6.07, 6.45) is 3.18. The van der Waals surface area contributed by atoms with Gasteiger partial charge in [-0.25, -0.2) is 0 Å². The van der Waals surface area contributed by atoms with Crippen LogP contribution in [0.1, 0.15) is 24.8 Å². The number of hydrogen-bond acceptors (Lipinski definition) is 5. The number of carbonyl (C=O) groups excluding carboxylic acids is 1. The lowest BCUT2D eigenvalue weighted by atomic mass is 10.1. The molecule has 0 aliphatic heterocycles. The highest BCUT2D eigenvalue weighted by molar-refractivity contribution is 5.76. The molecule has 1 amide bonds. The summed E-state index contributed by atoms with van der Waals surface area (Å²) in [4.78, 5) is 18.5. The van der Waals surface area contributed by atoms with Gasteiger partial charge in [0, 0.05) is 25.9 Å². The number of benzene rings is 1. The van der Waals surface area contributed by atoms with Crippen LogP contribution in [-0.4, -0.2) is 34.0 Å². The molecule has 1 aromatic carbocycles. The van der Waals surface area contributed by atoms with Crippen LogP contribution in [0.4, 0.5) is 0 Å². The molecule has 0 bridgehead atoms. The van der Waals surface area contributed by atoms with Crippen LogP contribution in [0.5, 0.6) is 0 Å². The summed E-state index contributed by atoms with van der Waals surface area (Å²) in [6.45, 7) is 3.39. The predicted octanol–water partition coefficient (Wildman–Crippen LogP) is 3.35. The van der Waals surface area contributed by atoms with E-state index in [1.807, 2.05) is 30.0 Å². The molecule has 2 aromatic heterocycles. The fourth-order valence-electron chi connectivity index (χ4n) is 2.60. The summed E-state index contributed by atoms with van der Waals surface area (Å²) >= 11 is 0. The van der Waals surface area contributed by atoms with Crippen LogP contribution >= 0.6 is 0 Å². The maximum absolute atomic E-state index is 12.4. The van der Waals surface area contributed by atoms with Gasteiger partial charge in [-0.3, -0.25) is 4.79 Å². The van der Waals surface area contributed by atoms with Gasteiger partial charge in [0.25, 0.3) is 0 Å². The van der Waals surface area contributed by atoms with Crippen LogP contribution < -0.4 is 0 Å². The second-order valence-corrected chi connectivity index (χ2v) is 5.70. The Balaban J connectivity index is 1.50. The minimum absolute atomic E-state index is 0.0937. The van der Waals surface area contributed by atoms with Crippen molar-refractivity contribution in [1.82, 2.24) is 15.0 Å². The number of furan rings is 1. The molecule has 0 aliphatic rings. The van der Waals surface area contributed by atoms with E-state index < -0.39 is 0 Å². The highest BCUT2D eigenvalue weighted by atomic mass is 16.5. The van der Waals surface area contributed by atoms with Crippen LogP contribution in [-0.2, 0) is 17.6 Å². The van der Waals surface area contributed by atoms with E-state index >= 15 is 0 Å². The summed E-state index contributed by atoms with van der Waals surface area (Å²) in [6, 6.07) is 13.7. The molecule has 6 nitrogen and oxygen atoms in total. The van der Waals surface area contributed by atoms with Crippen molar-refractivity contribution in [2.75, 3.05) is 13.1 Å². The maximum Gasteiger partial charge on any atom is 0.238 e. The Morgan fingerprint density at radius 1 is 1.12 bits per heavy atom. The van der Waals surface area contributed by atoms with Crippen molar-refractivity contribution in [3.05, 3.63) is 60.2 Å². The highest BCUT2D eigenvalue weighted by Gasteiger charge is 2.15. The molecule has 0 spiro atoms. The molecule has 0 N–H and O–H groups in total. The van der Waals surface area contributed by atoms with E-state index in [1.54, 1.807) is 18.4 Å². The number of rotatable bonds is 8. The fraction of sp³-hybridized carbons (Fsp3) is 0.316. The molecule has 3 aromatic rings. The van der Waals surface area contributed by atoms with E-state index in [0.717, 1.165) is 6.42 Å². The lowest BCUT2D eigenvalue weighted by molar-refractivity contribution is -0.131. The Hall–Kier alpha value is -2.89. The first kappa shape index (κ1) is 17.0. The molecule has 3 rings (SSSR count). The molecule has 0 atom stereocenters. The average Bonchev–Trinajstić information content (AvgIpc) is 3.33. The number of nitrogens with zero attached hydrogens (tertiary/aromatic N) is 3. The predicted molar refractivity (Wildman–Crippen MR) is 92.7 cm³/mol. The van der Waals surface area contributed by atoms with E-state index in [2.05, 4.69) is 22.3 Å². The van der Waals surface area contributed by atoms with E-state index in [0.29, 0.717) is 43.4 Å². The van der Waals surface area contributed by atoms with Gasteiger partial charge in [0.05, 0.1) is 6.26 Å².